The summed E-state index contributed by atoms with van der Waals surface area (Å²) >= 11 is 0. The molecule has 1 N–H and O–H groups in total. The van der Waals surface area contributed by atoms with Crippen molar-refractivity contribution in [1.29, 1.82) is 0 Å². The number of rotatable bonds is 8. The van der Waals surface area contributed by atoms with E-state index in [0.29, 0.717) is 6.04 Å². The van der Waals surface area contributed by atoms with Gasteiger partial charge in [0.25, 0.3) is 0 Å². The van der Waals surface area contributed by atoms with Crippen molar-refractivity contribution < 1.29 is 4.74 Å². The molecule has 0 saturated carbocycles. The van der Waals surface area contributed by atoms with Crippen LogP contribution in [-0.2, 0) is 6.54 Å². The highest BCUT2D eigenvalue weighted by atomic mass is 16.5. The van der Waals surface area contributed by atoms with Crippen LogP contribution in [0, 0.1) is 0 Å². The van der Waals surface area contributed by atoms with E-state index in [-0.39, 0.29) is 0 Å². The van der Waals surface area contributed by atoms with Gasteiger partial charge in [-0.2, -0.15) is 0 Å². The highest BCUT2D eigenvalue weighted by Gasteiger charge is 2.09. The molecule has 0 aliphatic heterocycles. The summed E-state index contributed by atoms with van der Waals surface area (Å²) in [5, 5.41) is 3.37. The third-order valence-corrected chi connectivity index (χ3v) is 3.31. The first-order valence-electron chi connectivity index (χ1n) is 6.71. The van der Waals surface area contributed by atoms with Gasteiger partial charge in [0.05, 0.1) is 7.11 Å². The predicted octanol–water partition coefficient (Wildman–Crippen LogP) is 2.52. The molecule has 0 bridgehead atoms. The molecule has 3 nitrogen and oxygen atoms in total. The number of methoxy groups -OCH3 is 1. The largest absolute Gasteiger partial charge is 0.497 e. The van der Waals surface area contributed by atoms with Gasteiger partial charge in [0, 0.05) is 12.6 Å². The Labute approximate surface area is 111 Å². The van der Waals surface area contributed by atoms with E-state index in [1.165, 1.54) is 12.0 Å². The van der Waals surface area contributed by atoms with E-state index in [0.717, 1.165) is 25.4 Å². The summed E-state index contributed by atoms with van der Waals surface area (Å²) in [5.74, 6) is 0.932. The second-order valence-electron chi connectivity index (χ2n) is 4.76. The van der Waals surface area contributed by atoms with Gasteiger partial charge in [0.2, 0.25) is 0 Å². The van der Waals surface area contributed by atoms with Crippen molar-refractivity contribution in [3.8, 4) is 5.75 Å². The van der Waals surface area contributed by atoms with Crippen LogP contribution in [0.4, 0.5) is 0 Å². The molecular formula is C15H26N2O. The average molecular weight is 250 g/mol. The molecule has 1 aromatic rings. The Bertz CT molecular complexity index is 341. The van der Waals surface area contributed by atoms with Crippen molar-refractivity contribution in [2.75, 3.05) is 27.2 Å². The molecule has 0 amide bonds. The molecule has 1 atom stereocenters. The molecule has 0 aromatic heterocycles. The zero-order valence-corrected chi connectivity index (χ0v) is 12.1. The van der Waals surface area contributed by atoms with Crippen molar-refractivity contribution in [1.82, 2.24) is 10.2 Å². The number of nitrogens with zero attached hydrogens (tertiary/aromatic N) is 1. The number of ether oxygens (including phenoxy) is 1. The standard InChI is InChI=1S/C15H26N2O/c1-5-16-10-9-13(2)17(3)12-14-7-6-8-15(11-14)18-4/h6-8,11,13,16H,5,9-10,12H2,1-4H3. The quantitative estimate of drug-likeness (QED) is 0.718. The number of hydrogen-bond donors (Lipinski definition) is 1. The molecule has 0 heterocycles. The summed E-state index contributed by atoms with van der Waals surface area (Å²) in [5.41, 5.74) is 1.30. The Morgan fingerprint density at radius 3 is 2.83 bits per heavy atom. The van der Waals surface area contributed by atoms with Gasteiger partial charge in [0.15, 0.2) is 0 Å². The van der Waals surface area contributed by atoms with E-state index in [9.17, 15) is 0 Å². The number of benzene rings is 1. The van der Waals surface area contributed by atoms with Crippen LogP contribution in [0.3, 0.4) is 0 Å². The average Bonchev–Trinajstić information content (AvgIpc) is 2.39. The first-order chi connectivity index (χ1) is 8.67. The van der Waals surface area contributed by atoms with Gasteiger partial charge >= 0.3 is 0 Å². The Hall–Kier alpha value is -1.06. The molecule has 102 valence electrons. The summed E-state index contributed by atoms with van der Waals surface area (Å²) in [7, 11) is 3.89. The fourth-order valence-corrected chi connectivity index (χ4v) is 1.92. The summed E-state index contributed by atoms with van der Waals surface area (Å²) in [6.07, 6.45) is 1.17. The topological polar surface area (TPSA) is 24.5 Å². The minimum atomic E-state index is 0.579. The summed E-state index contributed by atoms with van der Waals surface area (Å²) in [6, 6.07) is 8.86. The van der Waals surface area contributed by atoms with Gasteiger partial charge in [-0.3, -0.25) is 4.90 Å². The molecule has 1 rings (SSSR count). The van der Waals surface area contributed by atoms with Crippen LogP contribution in [0.1, 0.15) is 25.8 Å². The van der Waals surface area contributed by atoms with Gasteiger partial charge < -0.3 is 10.1 Å². The van der Waals surface area contributed by atoms with Crippen LogP contribution in [0.15, 0.2) is 24.3 Å². The monoisotopic (exact) mass is 250 g/mol. The first-order valence-corrected chi connectivity index (χ1v) is 6.71. The zero-order valence-electron chi connectivity index (χ0n) is 12.1. The highest BCUT2D eigenvalue weighted by molar-refractivity contribution is 5.28. The van der Waals surface area contributed by atoms with E-state index in [1.807, 2.05) is 12.1 Å². The third-order valence-electron chi connectivity index (χ3n) is 3.31. The Morgan fingerprint density at radius 1 is 1.39 bits per heavy atom. The lowest BCUT2D eigenvalue weighted by molar-refractivity contribution is 0.236. The molecule has 0 spiro atoms. The lowest BCUT2D eigenvalue weighted by Crippen LogP contribution is -2.31. The summed E-state index contributed by atoms with van der Waals surface area (Å²) < 4.78 is 5.25. The second kappa shape index (κ2) is 8.11. The lowest BCUT2D eigenvalue weighted by atomic mass is 10.1. The zero-order chi connectivity index (χ0) is 13.4. The molecule has 0 aliphatic rings. The van der Waals surface area contributed by atoms with Crippen LogP contribution in [0.25, 0.3) is 0 Å². The van der Waals surface area contributed by atoms with E-state index < -0.39 is 0 Å². The van der Waals surface area contributed by atoms with Gasteiger partial charge in [-0.25, -0.2) is 0 Å². The van der Waals surface area contributed by atoms with E-state index in [4.69, 9.17) is 4.74 Å². The van der Waals surface area contributed by atoms with Crippen molar-refractivity contribution in [2.24, 2.45) is 0 Å². The maximum atomic E-state index is 5.25. The van der Waals surface area contributed by atoms with Crippen molar-refractivity contribution in [2.45, 2.75) is 32.9 Å². The summed E-state index contributed by atoms with van der Waals surface area (Å²) in [4.78, 5) is 2.38. The highest BCUT2D eigenvalue weighted by Crippen LogP contribution is 2.15. The van der Waals surface area contributed by atoms with E-state index >= 15 is 0 Å². The Morgan fingerprint density at radius 2 is 2.17 bits per heavy atom. The molecule has 3 heteroatoms. The molecule has 18 heavy (non-hydrogen) atoms. The molecule has 0 fully saturated rings. The number of nitrogens with one attached hydrogen (secondary N) is 1. The minimum absolute atomic E-state index is 0.579. The Balaban J connectivity index is 2.44. The van der Waals surface area contributed by atoms with Gasteiger partial charge in [-0.1, -0.05) is 19.1 Å². The SMILES string of the molecule is CCNCCC(C)N(C)Cc1cccc(OC)c1. The van der Waals surface area contributed by atoms with E-state index in [1.54, 1.807) is 7.11 Å². The molecule has 1 aromatic carbocycles. The lowest BCUT2D eigenvalue weighted by Gasteiger charge is -2.25. The molecule has 0 aliphatic carbocycles. The van der Waals surface area contributed by atoms with Crippen LogP contribution in [0.2, 0.25) is 0 Å². The van der Waals surface area contributed by atoms with Gasteiger partial charge in [-0.05, 0) is 51.2 Å². The minimum Gasteiger partial charge on any atom is -0.497 e. The van der Waals surface area contributed by atoms with Gasteiger partial charge in [-0.15, -0.1) is 0 Å². The van der Waals surface area contributed by atoms with Crippen molar-refractivity contribution >= 4 is 0 Å². The van der Waals surface area contributed by atoms with Crippen LogP contribution < -0.4 is 10.1 Å². The molecule has 0 radical (unpaired) electrons. The van der Waals surface area contributed by atoms with Crippen LogP contribution in [0.5, 0.6) is 5.75 Å². The Kier molecular flexibility index (Phi) is 6.76. The van der Waals surface area contributed by atoms with Crippen molar-refractivity contribution in [3.63, 3.8) is 0 Å². The first kappa shape index (κ1) is 15.0. The molecule has 1 unspecified atom stereocenters. The van der Waals surface area contributed by atoms with Crippen LogP contribution in [-0.4, -0.2) is 38.2 Å². The second-order valence-corrected chi connectivity index (χ2v) is 4.76. The maximum absolute atomic E-state index is 5.25. The van der Waals surface area contributed by atoms with E-state index in [2.05, 4.69) is 43.2 Å². The third kappa shape index (κ3) is 5.07. The van der Waals surface area contributed by atoms with Crippen molar-refractivity contribution in [3.05, 3.63) is 29.8 Å². The maximum Gasteiger partial charge on any atom is 0.119 e. The fourth-order valence-electron chi connectivity index (χ4n) is 1.92. The van der Waals surface area contributed by atoms with Crippen LogP contribution >= 0.6 is 0 Å². The molecular weight excluding hydrogens is 224 g/mol. The van der Waals surface area contributed by atoms with Gasteiger partial charge in [0.1, 0.15) is 5.75 Å². The fraction of sp³-hybridized carbons (Fsp3) is 0.600. The number of hydrogen-bond acceptors (Lipinski definition) is 3. The summed E-state index contributed by atoms with van der Waals surface area (Å²) in [6.45, 7) is 7.51. The molecule has 0 saturated heterocycles. The predicted molar refractivity (Wildman–Crippen MR) is 77.1 cm³/mol. The smallest absolute Gasteiger partial charge is 0.119 e. The normalized spacial score (nSPS) is 12.7.